The summed E-state index contributed by atoms with van der Waals surface area (Å²) in [4.78, 5) is 30.0. The molecule has 0 aromatic heterocycles. The highest BCUT2D eigenvalue weighted by Crippen LogP contribution is 2.23. The van der Waals surface area contributed by atoms with Crippen molar-refractivity contribution in [1.82, 2.24) is 15.1 Å². The van der Waals surface area contributed by atoms with E-state index in [4.69, 9.17) is 0 Å². The van der Waals surface area contributed by atoms with Crippen LogP contribution in [0.4, 0.5) is 0 Å². The van der Waals surface area contributed by atoms with Crippen molar-refractivity contribution in [2.24, 2.45) is 0 Å². The van der Waals surface area contributed by atoms with Gasteiger partial charge >= 0.3 is 0 Å². The van der Waals surface area contributed by atoms with Crippen molar-refractivity contribution in [2.45, 2.75) is 38.5 Å². The van der Waals surface area contributed by atoms with Crippen LogP contribution in [0.3, 0.4) is 0 Å². The first kappa shape index (κ1) is 23.0. The number of rotatable bonds is 9. The summed E-state index contributed by atoms with van der Waals surface area (Å²) in [5, 5.41) is 3.10. The molecule has 166 valence electrons. The second-order valence-electron chi connectivity index (χ2n) is 8.20. The fraction of sp³-hybridized carbons (Fsp3) is 0.462. The number of benzene rings is 2. The summed E-state index contributed by atoms with van der Waals surface area (Å²) < 4.78 is 0. The Kier molecular flexibility index (Phi) is 8.65. The molecule has 0 unspecified atom stereocenters. The smallest absolute Gasteiger partial charge is 0.230 e. The number of hydrogen-bond acceptors (Lipinski definition) is 3. The first-order valence-corrected chi connectivity index (χ1v) is 11.5. The molecule has 0 radical (unpaired) electrons. The first-order chi connectivity index (χ1) is 15.1. The van der Waals surface area contributed by atoms with Crippen molar-refractivity contribution in [3.8, 4) is 0 Å². The van der Waals surface area contributed by atoms with E-state index in [-0.39, 0.29) is 23.7 Å². The van der Waals surface area contributed by atoms with Crippen LogP contribution >= 0.6 is 0 Å². The molecule has 1 aliphatic heterocycles. The van der Waals surface area contributed by atoms with E-state index >= 15 is 0 Å². The Bertz CT molecular complexity index is 814. The van der Waals surface area contributed by atoms with Gasteiger partial charge in [0.25, 0.3) is 0 Å². The Hall–Kier alpha value is -2.66. The summed E-state index contributed by atoms with van der Waals surface area (Å²) in [6.07, 6.45) is 1.60. The Balaban J connectivity index is 1.43. The largest absolute Gasteiger partial charge is 0.354 e. The van der Waals surface area contributed by atoms with Gasteiger partial charge in [-0.25, -0.2) is 0 Å². The lowest BCUT2D eigenvalue weighted by molar-refractivity contribution is -0.134. The normalized spacial score (nSPS) is 16.5. The first-order valence-electron chi connectivity index (χ1n) is 11.5. The maximum Gasteiger partial charge on any atom is 0.230 e. The maximum atomic E-state index is 13.0. The van der Waals surface area contributed by atoms with Gasteiger partial charge in [0.05, 0.1) is 11.8 Å². The van der Waals surface area contributed by atoms with Gasteiger partial charge in [-0.15, -0.1) is 0 Å². The molecule has 1 heterocycles. The van der Waals surface area contributed by atoms with E-state index in [0.717, 1.165) is 56.7 Å². The van der Waals surface area contributed by atoms with Crippen molar-refractivity contribution >= 4 is 11.8 Å². The molecule has 0 spiro atoms. The molecule has 1 aliphatic rings. The average molecular weight is 422 g/mol. The summed E-state index contributed by atoms with van der Waals surface area (Å²) in [6, 6.07) is 20.0. The molecule has 2 atom stereocenters. The average Bonchev–Trinajstić information content (AvgIpc) is 2.82. The lowest BCUT2D eigenvalue weighted by Crippen LogP contribution is -2.51. The number of hydrogen-bond donors (Lipinski definition) is 1. The summed E-state index contributed by atoms with van der Waals surface area (Å²) >= 11 is 0. The van der Waals surface area contributed by atoms with Crippen LogP contribution in [0.15, 0.2) is 60.7 Å². The molecule has 3 rings (SSSR count). The molecule has 0 saturated carbocycles. The van der Waals surface area contributed by atoms with Crippen molar-refractivity contribution in [1.29, 1.82) is 0 Å². The molecule has 2 amide bonds. The van der Waals surface area contributed by atoms with Crippen LogP contribution in [0, 0.1) is 0 Å². The Labute approximate surface area is 186 Å². The molecule has 5 heteroatoms. The van der Waals surface area contributed by atoms with Crippen LogP contribution in [0.5, 0.6) is 0 Å². The van der Waals surface area contributed by atoms with E-state index in [1.54, 1.807) is 0 Å². The topological polar surface area (TPSA) is 52.7 Å². The van der Waals surface area contributed by atoms with Gasteiger partial charge in [-0.3, -0.25) is 14.5 Å². The predicted molar refractivity (Wildman–Crippen MR) is 125 cm³/mol. The Morgan fingerprint density at radius 2 is 1.32 bits per heavy atom. The molecule has 31 heavy (non-hydrogen) atoms. The number of nitrogens with one attached hydrogen (secondary N) is 1. The summed E-state index contributed by atoms with van der Waals surface area (Å²) in [5.41, 5.74) is 2.17. The van der Waals surface area contributed by atoms with Crippen LogP contribution in [-0.4, -0.2) is 60.9 Å². The summed E-state index contributed by atoms with van der Waals surface area (Å²) in [5.74, 6) is 0.169. The van der Waals surface area contributed by atoms with Crippen LogP contribution in [0.25, 0.3) is 0 Å². The van der Waals surface area contributed by atoms with Crippen molar-refractivity contribution in [3.63, 3.8) is 0 Å². The maximum absolute atomic E-state index is 13.0. The van der Waals surface area contributed by atoms with Crippen molar-refractivity contribution < 1.29 is 9.59 Å². The van der Waals surface area contributed by atoms with Gasteiger partial charge in [0.2, 0.25) is 11.8 Å². The zero-order valence-corrected chi connectivity index (χ0v) is 18.8. The van der Waals surface area contributed by atoms with Gasteiger partial charge in [-0.1, -0.05) is 74.5 Å². The molecule has 2 aromatic rings. The molecular weight excluding hydrogens is 386 g/mol. The van der Waals surface area contributed by atoms with E-state index in [1.807, 2.05) is 72.5 Å². The third-order valence-electron chi connectivity index (χ3n) is 6.25. The van der Waals surface area contributed by atoms with Gasteiger partial charge in [-0.2, -0.15) is 0 Å². The van der Waals surface area contributed by atoms with Crippen molar-refractivity contribution in [3.05, 3.63) is 71.8 Å². The second-order valence-corrected chi connectivity index (χ2v) is 8.20. The molecular formula is C26H35N3O2. The lowest BCUT2D eigenvalue weighted by Gasteiger charge is -2.36. The molecule has 0 aliphatic carbocycles. The minimum absolute atomic E-state index is 0.0593. The van der Waals surface area contributed by atoms with Crippen LogP contribution in [-0.2, 0) is 9.59 Å². The lowest BCUT2D eigenvalue weighted by atomic mass is 9.95. The Morgan fingerprint density at radius 1 is 0.806 bits per heavy atom. The molecule has 0 bridgehead atoms. The monoisotopic (exact) mass is 421 g/mol. The van der Waals surface area contributed by atoms with Gasteiger partial charge in [0.15, 0.2) is 0 Å². The number of carbonyl (C=O) groups excluding carboxylic acids is 2. The van der Waals surface area contributed by atoms with Crippen LogP contribution in [0.1, 0.15) is 49.7 Å². The predicted octanol–water partition coefficient (Wildman–Crippen LogP) is 3.63. The third-order valence-corrected chi connectivity index (χ3v) is 6.25. The quantitative estimate of drug-likeness (QED) is 0.673. The number of piperazine rings is 1. The van der Waals surface area contributed by atoms with E-state index in [9.17, 15) is 9.59 Å². The minimum Gasteiger partial charge on any atom is -0.354 e. The molecule has 1 fully saturated rings. The number of amides is 2. The van der Waals surface area contributed by atoms with E-state index in [2.05, 4.69) is 17.1 Å². The Morgan fingerprint density at radius 3 is 1.84 bits per heavy atom. The zero-order valence-electron chi connectivity index (χ0n) is 18.8. The highest BCUT2D eigenvalue weighted by atomic mass is 16.2. The van der Waals surface area contributed by atoms with E-state index in [1.165, 1.54) is 0 Å². The fourth-order valence-corrected chi connectivity index (χ4v) is 4.37. The second kappa shape index (κ2) is 11.7. The third kappa shape index (κ3) is 6.17. The molecule has 5 nitrogen and oxygen atoms in total. The van der Waals surface area contributed by atoms with Gasteiger partial charge < -0.3 is 10.2 Å². The standard InChI is InChI=1S/C26H35N3O2/c1-3-23(21-11-7-5-8-12-21)25(30)27-15-16-28-17-19-29(20-18-28)26(31)24(4-2)22-13-9-6-10-14-22/h5-14,23-24H,3-4,15-20H2,1-2H3,(H,27,30)/t23-,24-/m1/s1. The summed E-state index contributed by atoms with van der Waals surface area (Å²) in [6.45, 7) is 8.77. The van der Waals surface area contributed by atoms with Gasteiger partial charge in [0, 0.05) is 39.3 Å². The van der Waals surface area contributed by atoms with Crippen LogP contribution < -0.4 is 5.32 Å². The van der Waals surface area contributed by atoms with E-state index in [0.29, 0.717) is 6.54 Å². The van der Waals surface area contributed by atoms with Crippen LogP contribution in [0.2, 0.25) is 0 Å². The van der Waals surface area contributed by atoms with Crippen molar-refractivity contribution in [2.75, 3.05) is 39.3 Å². The molecule has 2 aromatic carbocycles. The highest BCUT2D eigenvalue weighted by molar-refractivity contribution is 5.84. The number of nitrogens with zero attached hydrogens (tertiary/aromatic N) is 2. The zero-order chi connectivity index (χ0) is 22.1. The highest BCUT2D eigenvalue weighted by Gasteiger charge is 2.27. The minimum atomic E-state index is -0.0976. The van der Waals surface area contributed by atoms with E-state index < -0.39 is 0 Å². The molecule has 1 N–H and O–H groups in total. The van der Waals surface area contributed by atoms with Gasteiger partial charge in [0.1, 0.15) is 0 Å². The fourth-order valence-electron chi connectivity index (χ4n) is 4.37. The van der Waals surface area contributed by atoms with Gasteiger partial charge in [-0.05, 0) is 24.0 Å². The summed E-state index contributed by atoms with van der Waals surface area (Å²) in [7, 11) is 0. The number of carbonyl (C=O) groups is 2. The SMILES string of the molecule is CC[C@@H](C(=O)NCCN1CCN(C(=O)[C@H](CC)c2ccccc2)CC1)c1ccccc1. The molecule has 1 saturated heterocycles.